The quantitative estimate of drug-likeness (QED) is 0.370. The zero-order valence-corrected chi connectivity index (χ0v) is 19.1. The van der Waals surface area contributed by atoms with Crippen LogP contribution in [0.4, 0.5) is 5.69 Å². The highest BCUT2D eigenvalue weighted by molar-refractivity contribution is 8.93. The Labute approximate surface area is 189 Å². The van der Waals surface area contributed by atoms with Crippen molar-refractivity contribution in [1.29, 1.82) is 0 Å². The van der Waals surface area contributed by atoms with Crippen LogP contribution in [-0.4, -0.2) is 15.6 Å². The van der Waals surface area contributed by atoms with Gasteiger partial charge in [0.15, 0.2) is 4.80 Å². The second kappa shape index (κ2) is 9.24. The van der Waals surface area contributed by atoms with Gasteiger partial charge >= 0.3 is 5.97 Å². The van der Waals surface area contributed by atoms with Crippen LogP contribution < -0.4 is 4.80 Å². The number of nitrogens with zero attached hydrogens (tertiary/aromatic N) is 2. The van der Waals surface area contributed by atoms with Crippen LogP contribution in [0.3, 0.4) is 0 Å². The largest absolute Gasteiger partial charge is 0.478 e. The monoisotopic (exact) mass is 480 g/mol. The number of aryl methyl sites for hydroxylation is 2. The van der Waals surface area contributed by atoms with Gasteiger partial charge in [0, 0.05) is 11.1 Å². The van der Waals surface area contributed by atoms with Crippen LogP contribution in [0.5, 0.6) is 0 Å². The molecule has 1 N–H and O–H groups in total. The van der Waals surface area contributed by atoms with E-state index in [2.05, 4.69) is 48.1 Å². The molecule has 0 radical (unpaired) electrons. The highest BCUT2D eigenvalue weighted by Crippen LogP contribution is 2.25. The first-order chi connectivity index (χ1) is 14.0. The number of rotatable bonds is 4. The molecule has 0 aliphatic carbocycles. The van der Waals surface area contributed by atoms with Crippen molar-refractivity contribution < 1.29 is 9.90 Å². The molecule has 4 nitrogen and oxygen atoms in total. The first-order valence-electron chi connectivity index (χ1n) is 9.24. The topological polar surface area (TPSA) is 54.6 Å². The highest BCUT2D eigenvalue weighted by Gasteiger charge is 2.11. The van der Waals surface area contributed by atoms with Crippen molar-refractivity contribution in [1.82, 2.24) is 4.57 Å². The van der Waals surface area contributed by atoms with Gasteiger partial charge in [-0.2, -0.15) is 0 Å². The van der Waals surface area contributed by atoms with Gasteiger partial charge in [0.05, 0.1) is 16.9 Å². The highest BCUT2D eigenvalue weighted by atomic mass is 79.9. The van der Waals surface area contributed by atoms with Gasteiger partial charge in [-0.1, -0.05) is 47.5 Å². The van der Waals surface area contributed by atoms with Crippen LogP contribution in [0.2, 0.25) is 0 Å². The Morgan fingerprint density at radius 2 is 1.43 bits per heavy atom. The van der Waals surface area contributed by atoms with E-state index in [0.717, 1.165) is 27.4 Å². The first kappa shape index (κ1) is 21.7. The van der Waals surface area contributed by atoms with Crippen LogP contribution in [0, 0.1) is 13.8 Å². The lowest BCUT2D eigenvalue weighted by Gasteiger charge is -2.10. The molecule has 4 rings (SSSR count). The molecule has 0 unspecified atom stereocenters. The van der Waals surface area contributed by atoms with Gasteiger partial charge in [-0.05, 0) is 55.8 Å². The van der Waals surface area contributed by atoms with Crippen LogP contribution >= 0.6 is 28.3 Å². The SMILES string of the molecule is Br.Cc1ccc(N=c2scc(-c3ccc(C(=O)O)cc3)n2-c2ccc(C)cc2)cc1. The van der Waals surface area contributed by atoms with Crippen molar-refractivity contribution in [3.8, 4) is 16.9 Å². The molecule has 0 fully saturated rings. The predicted molar refractivity (Wildman–Crippen MR) is 128 cm³/mol. The molecule has 0 atom stereocenters. The van der Waals surface area contributed by atoms with Crippen molar-refractivity contribution in [2.45, 2.75) is 13.8 Å². The van der Waals surface area contributed by atoms with Crippen molar-refractivity contribution in [3.63, 3.8) is 0 Å². The molecule has 0 saturated carbocycles. The molecule has 0 spiro atoms. The van der Waals surface area contributed by atoms with Crippen LogP contribution in [-0.2, 0) is 0 Å². The molecule has 0 aliphatic heterocycles. The van der Waals surface area contributed by atoms with Crippen LogP contribution in [0.1, 0.15) is 21.5 Å². The number of hydrogen-bond acceptors (Lipinski definition) is 3. The number of benzene rings is 3. The van der Waals surface area contributed by atoms with E-state index < -0.39 is 5.97 Å². The summed E-state index contributed by atoms with van der Waals surface area (Å²) in [6.07, 6.45) is 0. The standard InChI is InChI=1S/C24H20N2O2S.BrH/c1-16-3-11-20(12-4-16)25-24-26(21-13-5-17(2)6-14-21)22(15-29-24)18-7-9-19(10-8-18)23(27)28;/h3-15H,1-2H3,(H,27,28);1H. The number of hydrogen-bond donors (Lipinski definition) is 1. The zero-order valence-electron chi connectivity index (χ0n) is 16.6. The molecule has 152 valence electrons. The summed E-state index contributed by atoms with van der Waals surface area (Å²) in [5, 5.41) is 11.2. The van der Waals surface area contributed by atoms with Gasteiger partial charge < -0.3 is 5.11 Å². The van der Waals surface area contributed by atoms with Gasteiger partial charge in [0.25, 0.3) is 0 Å². The minimum absolute atomic E-state index is 0. The van der Waals surface area contributed by atoms with Crippen molar-refractivity contribution in [2.24, 2.45) is 4.99 Å². The summed E-state index contributed by atoms with van der Waals surface area (Å²) in [5.74, 6) is -0.927. The number of carbonyl (C=O) groups is 1. The number of aromatic carboxylic acids is 1. The van der Waals surface area contributed by atoms with Gasteiger partial charge in [-0.15, -0.1) is 28.3 Å². The van der Waals surface area contributed by atoms with Gasteiger partial charge in [0.1, 0.15) is 0 Å². The maximum Gasteiger partial charge on any atom is 0.335 e. The normalized spacial score (nSPS) is 11.2. The van der Waals surface area contributed by atoms with Gasteiger partial charge in [-0.25, -0.2) is 9.79 Å². The van der Waals surface area contributed by atoms with Crippen LogP contribution in [0.15, 0.2) is 83.2 Å². The molecule has 0 amide bonds. The van der Waals surface area contributed by atoms with E-state index in [0.29, 0.717) is 0 Å². The number of carboxylic acids is 1. The maximum atomic E-state index is 11.2. The predicted octanol–water partition coefficient (Wildman–Crippen LogP) is 6.33. The molecule has 3 aromatic carbocycles. The Morgan fingerprint density at radius 3 is 2.00 bits per heavy atom. The van der Waals surface area contributed by atoms with Gasteiger partial charge in [0.2, 0.25) is 0 Å². The molecular formula is C24H21BrN2O2S. The number of halogens is 1. The molecule has 0 aliphatic rings. The molecule has 1 aromatic heterocycles. The maximum absolute atomic E-state index is 11.2. The minimum Gasteiger partial charge on any atom is -0.478 e. The van der Waals surface area contributed by atoms with E-state index in [1.54, 1.807) is 23.5 Å². The Kier molecular flexibility index (Phi) is 6.70. The number of thiazole rings is 1. The van der Waals surface area contributed by atoms with Crippen molar-refractivity contribution in [2.75, 3.05) is 0 Å². The summed E-state index contributed by atoms with van der Waals surface area (Å²) in [7, 11) is 0. The smallest absolute Gasteiger partial charge is 0.335 e. The first-order valence-corrected chi connectivity index (χ1v) is 10.1. The molecule has 0 bridgehead atoms. The summed E-state index contributed by atoms with van der Waals surface area (Å²) >= 11 is 1.56. The molecule has 30 heavy (non-hydrogen) atoms. The van der Waals surface area contributed by atoms with E-state index in [4.69, 9.17) is 4.99 Å². The van der Waals surface area contributed by atoms with Crippen molar-refractivity contribution >= 4 is 40.0 Å². The van der Waals surface area contributed by atoms with E-state index in [1.807, 2.05) is 36.4 Å². The fourth-order valence-corrected chi connectivity index (χ4v) is 3.97. The molecule has 6 heteroatoms. The summed E-state index contributed by atoms with van der Waals surface area (Å²) in [6, 6.07) is 23.4. The lowest BCUT2D eigenvalue weighted by atomic mass is 10.1. The average Bonchev–Trinajstić information content (AvgIpc) is 3.14. The fraction of sp³-hybridized carbons (Fsp3) is 0.0833. The number of aromatic nitrogens is 1. The van der Waals surface area contributed by atoms with Gasteiger partial charge in [-0.3, -0.25) is 4.57 Å². The Morgan fingerprint density at radius 1 is 0.867 bits per heavy atom. The molecule has 1 heterocycles. The average molecular weight is 481 g/mol. The second-order valence-electron chi connectivity index (χ2n) is 6.90. The molecule has 0 saturated heterocycles. The van der Waals surface area contributed by atoms with E-state index in [-0.39, 0.29) is 22.5 Å². The fourth-order valence-electron chi connectivity index (χ4n) is 3.05. The lowest BCUT2D eigenvalue weighted by molar-refractivity contribution is 0.0697. The Hall–Kier alpha value is -2.96. The summed E-state index contributed by atoms with van der Waals surface area (Å²) in [4.78, 5) is 16.9. The third-order valence-corrected chi connectivity index (χ3v) is 5.51. The number of carboxylic acid groups (broad SMARTS) is 1. The Balaban J connectivity index is 0.00000256. The summed E-state index contributed by atoms with van der Waals surface area (Å²) in [6.45, 7) is 4.12. The molecule has 4 aromatic rings. The van der Waals surface area contributed by atoms with Crippen LogP contribution in [0.25, 0.3) is 16.9 Å². The third kappa shape index (κ3) is 4.61. The summed E-state index contributed by atoms with van der Waals surface area (Å²) in [5.41, 5.74) is 6.48. The summed E-state index contributed by atoms with van der Waals surface area (Å²) < 4.78 is 2.11. The molecular weight excluding hydrogens is 460 g/mol. The third-order valence-electron chi connectivity index (χ3n) is 4.69. The minimum atomic E-state index is -0.927. The lowest BCUT2D eigenvalue weighted by Crippen LogP contribution is -2.13. The second-order valence-corrected chi connectivity index (χ2v) is 7.74. The Bertz CT molecular complexity index is 1220. The zero-order chi connectivity index (χ0) is 20.4. The van der Waals surface area contributed by atoms with Crippen molar-refractivity contribution in [3.05, 3.63) is 99.7 Å². The van der Waals surface area contributed by atoms with E-state index >= 15 is 0 Å². The van der Waals surface area contributed by atoms with E-state index in [9.17, 15) is 9.90 Å². The van der Waals surface area contributed by atoms with E-state index in [1.165, 1.54) is 11.1 Å².